The summed E-state index contributed by atoms with van der Waals surface area (Å²) in [5.41, 5.74) is 5.73. The molecule has 4 aromatic heterocycles. The van der Waals surface area contributed by atoms with Gasteiger partial charge in [0.2, 0.25) is 5.91 Å². The Morgan fingerprint density at radius 3 is 1.87 bits per heavy atom. The molecule has 1 aliphatic carbocycles. The number of halogens is 2. The average molecular weight is 756 g/mol. The van der Waals surface area contributed by atoms with E-state index in [0.29, 0.717) is 34.5 Å². The third kappa shape index (κ3) is 6.74. The first kappa shape index (κ1) is 34.3. The second-order valence-electron chi connectivity index (χ2n) is 13.9. The fraction of sp³-hybridized carbons (Fsp3) is 0.244. The Labute approximate surface area is 321 Å². The molecule has 2 atom stereocenters. The lowest BCUT2D eigenvalue weighted by Gasteiger charge is -2.54. The minimum atomic E-state index is -0.435. The van der Waals surface area contributed by atoms with Crippen molar-refractivity contribution in [2.24, 2.45) is 0 Å². The molecule has 13 heteroatoms. The van der Waals surface area contributed by atoms with E-state index in [9.17, 15) is 4.79 Å². The maximum absolute atomic E-state index is 14.4. The molecule has 1 saturated heterocycles. The van der Waals surface area contributed by atoms with Gasteiger partial charge in [-0.3, -0.25) is 19.7 Å². The number of pyridine rings is 2. The quantitative estimate of drug-likeness (QED) is 0.130. The average Bonchev–Trinajstić information content (AvgIpc) is 3.86. The zero-order valence-electron chi connectivity index (χ0n) is 29.3. The largest absolute Gasteiger partial charge is 0.330 e. The van der Waals surface area contributed by atoms with Gasteiger partial charge in [-0.15, -0.1) is 10.2 Å². The number of benzene rings is 3. The molecule has 1 saturated carbocycles. The summed E-state index contributed by atoms with van der Waals surface area (Å²) in [6.45, 7) is 0.728. The summed E-state index contributed by atoms with van der Waals surface area (Å²) in [6, 6.07) is 24.9. The van der Waals surface area contributed by atoms with Crippen molar-refractivity contribution < 1.29 is 4.79 Å². The molecule has 0 unspecified atom stereocenters. The van der Waals surface area contributed by atoms with Crippen LogP contribution >= 0.6 is 23.2 Å². The first-order chi connectivity index (χ1) is 26.5. The lowest BCUT2D eigenvalue weighted by molar-refractivity contribution is -0.162. The van der Waals surface area contributed by atoms with Crippen LogP contribution in [-0.2, 0) is 17.9 Å². The molecule has 11 nitrogen and oxygen atoms in total. The number of likely N-dealkylation sites (tertiary alicyclic amines) is 1. The summed E-state index contributed by atoms with van der Waals surface area (Å²) in [5, 5.41) is 21.3. The fourth-order valence-corrected chi connectivity index (χ4v) is 8.23. The van der Waals surface area contributed by atoms with Gasteiger partial charge in [0.1, 0.15) is 6.04 Å². The van der Waals surface area contributed by atoms with E-state index in [4.69, 9.17) is 23.2 Å². The van der Waals surface area contributed by atoms with Gasteiger partial charge in [0.05, 0.1) is 52.2 Å². The summed E-state index contributed by atoms with van der Waals surface area (Å²) in [4.78, 5) is 27.7. The maximum Gasteiger partial charge on any atom is 0.243 e. The Kier molecular flexibility index (Phi) is 9.36. The number of rotatable bonds is 10. The third-order valence-corrected chi connectivity index (χ3v) is 10.9. The highest BCUT2D eigenvalue weighted by Gasteiger charge is 2.52. The van der Waals surface area contributed by atoms with E-state index in [-0.39, 0.29) is 18.0 Å². The van der Waals surface area contributed by atoms with E-state index in [0.717, 1.165) is 64.4 Å². The van der Waals surface area contributed by atoms with Crippen LogP contribution in [0.3, 0.4) is 0 Å². The Bertz CT molecular complexity index is 2370. The van der Waals surface area contributed by atoms with Crippen molar-refractivity contribution in [3.05, 3.63) is 137 Å². The molecular weight excluding hydrogens is 719 g/mol. The number of nitrogens with zero attached hydrogens (tertiary/aromatic N) is 10. The Morgan fingerprint density at radius 1 is 0.722 bits per heavy atom. The first-order valence-corrected chi connectivity index (χ1v) is 19.0. The van der Waals surface area contributed by atoms with Gasteiger partial charge in [0, 0.05) is 52.3 Å². The Balaban J connectivity index is 1.07. The molecule has 2 fully saturated rings. The smallest absolute Gasteiger partial charge is 0.243 e. The fourth-order valence-electron chi connectivity index (χ4n) is 7.90. The lowest BCUT2D eigenvalue weighted by atomic mass is 9.84. The molecule has 54 heavy (non-hydrogen) atoms. The van der Waals surface area contributed by atoms with E-state index < -0.39 is 6.04 Å². The molecule has 9 rings (SSSR count). The van der Waals surface area contributed by atoms with Crippen LogP contribution in [0.1, 0.15) is 49.1 Å². The molecule has 5 heterocycles. The van der Waals surface area contributed by atoms with Gasteiger partial charge >= 0.3 is 0 Å². The van der Waals surface area contributed by atoms with Crippen molar-refractivity contribution in [1.82, 2.24) is 49.8 Å². The van der Waals surface area contributed by atoms with Crippen LogP contribution in [0.2, 0.25) is 10.0 Å². The second-order valence-corrected chi connectivity index (χ2v) is 14.8. The monoisotopic (exact) mass is 754 g/mol. The van der Waals surface area contributed by atoms with Crippen LogP contribution in [0.5, 0.6) is 0 Å². The number of carbonyl (C=O) groups excluding carboxylic acids is 1. The van der Waals surface area contributed by atoms with E-state index in [1.165, 1.54) is 6.42 Å². The summed E-state index contributed by atoms with van der Waals surface area (Å²) < 4.78 is 3.51. The van der Waals surface area contributed by atoms with Crippen molar-refractivity contribution in [2.75, 3.05) is 0 Å². The van der Waals surface area contributed by atoms with Gasteiger partial charge in [-0.25, -0.2) is 9.36 Å². The third-order valence-electron chi connectivity index (χ3n) is 10.5. The summed E-state index contributed by atoms with van der Waals surface area (Å²) in [7, 11) is 0. The highest BCUT2D eigenvalue weighted by atomic mass is 35.5. The molecule has 3 aromatic carbocycles. The molecular formula is C41H36Cl2N10O. The van der Waals surface area contributed by atoms with Crippen LogP contribution in [-0.4, -0.2) is 73.8 Å². The lowest BCUT2D eigenvalue weighted by Crippen LogP contribution is -2.72. The van der Waals surface area contributed by atoms with Gasteiger partial charge in [0.15, 0.2) is 0 Å². The number of fused-ring (bicyclic) bond motifs is 2. The molecule has 270 valence electrons. The molecule has 1 aliphatic heterocycles. The van der Waals surface area contributed by atoms with E-state index in [2.05, 4.69) is 64.7 Å². The molecule has 1 amide bonds. The van der Waals surface area contributed by atoms with Crippen molar-refractivity contribution in [1.29, 1.82) is 0 Å². The topological polar surface area (TPSA) is 111 Å². The van der Waals surface area contributed by atoms with Crippen LogP contribution in [0.4, 0.5) is 0 Å². The van der Waals surface area contributed by atoms with Crippen LogP contribution < -0.4 is 0 Å². The Hall–Kier alpha value is -5.49. The molecule has 0 bridgehead atoms. The number of carbonyl (C=O) groups is 1. The number of β-lactam (4-membered cyclic amide) rings is 1. The predicted molar refractivity (Wildman–Crippen MR) is 209 cm³/mol. The van der Waals surface area contributed by atoms with E-state index in [1.54, 1.807) is 21.8 Å². The van der Waals surface area contributed by atoms with Crippen molar-refractivity contribution in [3.63, 3.8) is 0 Å². The molecule has 0 N–H and O–H groups in total. The number of aromatic nitrogens is 8. The van der Waals surface area contributed by atoms with Crippen molar-refractivity contribution >= 4 is 57.0 Å². The molecule has 0 radical (unpaired) electrons. The van der Waals surface area contributed by atoms with Crippen molar-refractivity contribution in [3.8, 4) is 11.4 Å². The zero-order valence-corrected chi connectivity index (χ0v) is 30.8. The van der Waals surface area contributed by atoms with Gasteiger partial charge in [-0.2, -0.15) is 0 Å². The predicted octanol–water partition coefficient (Wildman–Crippen LogP) is 7.88. The van der Waals surface area contributed by atoms with Gasteiger partial charge in [0.25, 0.3) is 0 Å². The minimum Gasteiger partial charge on any atom is -0.330 e. The minimum absolute atomic E-state index is 0.124. The summed E-state index contributed by atoms with van der Waals surface area (Å²) in [5.74, 6) is 0.124. The molecule has 7 aromatic rings. The normalized spacial score (nSPS) is 18.0. The number of hydrogen-bond donors (Lipinski definition) is 0. The van der Waals surface area contributed by atoms with Crippen LogP contribution in [0.15, 0.2) is 110 Å². The van der Waals surface area contributed by atoms with Gasteiger partial charge < -0.3 is 4.90 Å². The van der Waals surface area contributed by atoms with Crippen LogP contribution in [0, 0.1) is 0 Å². The van der Waals surface area contributed by atoms with Gasteiger partial charge in [-0.05, 0) is 66.9 Å². The summed E-state index contributed by atoms with van der Waals surface area (Å²) >= 11 is 12.5. The summed E-state index contributed by atoms with van der Waals surface area (Å²) in [6.07, 6.45) is 17.2. The SMILES string of the molecule is O=C1[C@@H](N(Cc2cn(-c3ccnc4cc(Cl)ccc34)nn2)Cc2cn(-c3ccnc4cc(Cl)ccc34)nn2)[C@@H](/C=C/c2ccccc2)N1C1CCCCC1. The highest BCUT2D eigenvalue weighted by molar-refractivity contribution is 6.31. The Morgan fingerprint density at radius 2 is 1.30 bits per heavy atom. The molecule has 0 spiro atoms. The number of hydrogen-bond acceptors (Lipinski definition) is 8. The van der Waals surface area contributed by atoms with Crippen LogP contribution in [0.25, 0.3) is 39.3 Å². The van der Waals surface area contributed by atoms with Crippen molar-refractivity contribution in [2.45, 2.75) is 63.3 Å². The maximum atomic E-state index is 14.4. The second kappa shape index (κ2) is 14.7. The first-order valence-electron chi connectivity index (χ1n) is 18.2. The highest BCUT2D eigenvalue weighted by Crippen LogP contribution is 2.36. The van der Waals surface area contributed by atoms with E-state index >= 15 is 0 Å². The zero-order chi connectivity index (χ0) is 36.6. The van der Waals surface area contributed by atoms with Gasteiger partial charge in [-0.1, -0.05) is 95.4 Å². The standard InChI is InChI=1S/C41H36Cl2N10O/c42-28-12-14-33-35(21-28)44-19-17-37(33)51-25-30(46-48-51)23-50(24-31-26-52(49-47-31)38-18-20-45-36-22-29(43)13-15-34(36)38)40-39(16-11-27-7-3-1-4-8-27)53(41(40)54)32-9-5-2-6-10-32/h1,3-4,7-8,11-22,25-26,32,39-40H,2,5-6,9-10,23-24H2/b16-11+/t39-,40+/m1/s1. The number of amides is 1. The van der Waals surface area contributed by atoms with E-state index in [1.807, 2.05) is 79.1 Å². The molecule has 2 aliphatic rings.